The molecule has 1 aliphatic heterocycles. The van der Waals surface area contributed by atoms with E-state index in [1.807, 2.05) is 37.4 Å². The lowest BCUT2D eigenvalue weighted by atomic mass is 9.30. The Morgan fingerprint density at radius 2 is 1.57 bits per heavy atom. The summed E-state index contributed by atoms with van der Waals surface area (Å²) in [5.74, 6) is 3.74. The molecule has 1 aromatic rings. The molecule has 3 unspecified atom stereocenters. The maximum atomic E-state index is 13.2. The third-order valence-corrected chi connectivity index (χ3v) is 15.8. The number of hydrogen-bond donors (Lipinski definition) is 0. The number of fused-ring (bicyclic) bond motifs is 4. The highest BCUT2D eigenvalue weighted by atomic mass is 16.7. The van der Waals surface area contributed by atoms with Crippen LogP contribution >= 0.6 is 0 Å². The Hall–Kier alpha value is -1.39. The van der Waals surface area contributed by atoms with E-state index in [0.29, 0.717) is 40.6 Å². The zero-order chi connectivity index (χ0) is 29.9. The zero-order valence-corrected chi connectivity index (χ0v) is 27.6. The maximum Gasteiger partial charge on any atom is 0.338 e. The molecular formula is C38H56O4. The first-order valence-electron chi connectivity index (χ1n) is 17.3. The summed E-state index contributed by atoms with van der Waals surface area (Å²) in [6.07, 6.45) is 11.0. The quantitative estimate of drug-likeness (QED) is 0.337. The second kappa shape index (κ2) is 9.56. The van der Waals surface area contributed by atoms with E-state index in [-0.39, 0.29) is 46.1 Å². The second-order valence-electron chi connectivity index (χ2n) is 17.2. The summed E-state index contributed by atoms with van der Waals surface area (Å²) in [5.41, 5.74) is 1.53. The highest BCUT2D eigenvalue weighted by molar-refractivity contribution is 5.89. The van der Waals surface area contributed by atoms with Crippen molar-refractivity contribution in [2.75, 3.05) is 7.11 Å². The van der Waals surface area contributed by atoms with Crippen molar-refractivity contribution >= 4 is 5.97 Å². The molecule has 1 saturated heterocycles. The summed E-state index contributed by atoms with van der Waals surface area (Å²) < 4.78 is 19.8. The fourth-order valence-corrected chi connectivity index (χ4v) is 13.4. The van der Waals surface area contributed by atoms with Gasteiger partial charge in [0.1, 0.15) is 6.10 Å². The van der Waals surface area contributed by atoms with Crippen LogP contribution in [0.15, 0.2) is 30.3 Å². The third kappa shape index (κ3) is 3.63. The Kier molecular flexibility index (Phi) is 6.67. The van der Waals surface area contributed by atoms with Crippen molar-refractivity contribution in [3.05, 3.63) is 35.9 Å². The van der Waals surface area contributed by atoms with E-state index in [1.165, 1.54) is 38.5 Å². The molecule has 0 aromatic heterocycles. The standard InChI is InChI=1S/C38H56O4/c1-23-14-19-38-21-20-37(7)31(30(38)24(23)2)26(41-33(38)40-8)22-28-35(5)17-16-29(42-32(39)25-12-10-9-11-13-25)34(3,4)27(35)15-18-36(28,37)6/h9-13,23-24,26-31,33H,14-22H2,1-8H3/t23-,24+,26?,27+,28-,29?,30+,31-,33?,35+,36-,37-,38+/m1/s1. The molecular weight excluding hydrogens is 520 g/mol. The molecule has 7 rings (SSSR count). The predicted octanol–water partition coefficient (Wildman–Crippen LogP) is 8.93. The van der Waals surface area contributed by atoms with Gasteiger partial charge in [-0.05, 0) is 122 Å². The van der Waals surface area contributed by atoms with Crippen LogP contribution in [0.1, 0.15) is 117 Å². The minimum atomic E-state index is -0.173. The number of benzene rings is 1. The molecule has 5 aliphatic carbocycles. The van der Waals surface area contributed by atoms with E-state index in [1.54, 1.807) is 0 Å². The van der Waals surface area contributed by atoms with E-state index < -0.39 is 0 Å². The van der Waals surface area contributed by atoms with Crippen molar-refractivity contribution in [1.29, 1.82) is 0 Å². The first-order valence-corrected chi connectivity index (χ1v) is 17.3. The van der Waals surface area contributed by atoms with Crippen LogP contribution in [0.5, 0.6) is 0 Å². The van der Waals surface area contributed by atoms with Gasteiger partial charge in [-0.1, -0.05) is 66.7 Å². The van der Waals surface area contributed by atoms with Gasteiger partial charge in [0.25, 0.3) is 0 Å². The van der Waals surface area contributed by atoms with E-state index in [9.17, 15) is 4.79 Å². The van der Waals surface area contributed by atoms with Crippen molar-refractivity contribution in [2.24, 2.45) is 62.6 Å². The van der Waals surface area contributed by atoms with E-state index in [0.717, 1.165) is 25.2 Å². The molecule has 4 nitrogen and oxygen atoms in total. The molecule has 6 aliphatic rings. The van der Waals surface area contributed by atoms with E-state index in [4.69, 9.17) is 14.2 Å². The number of carbonyl (C=O) groups excluding carboxylic acids is 1. The van der Waals surface area contributed by atoms with Gasteiger partial charge in [-0.25, -0.2) is 4.79 Å². The Morgan fingerprint density at radius 3 is 2.29 bits per heavy atom. The monoisotopic (exact) mass is 576 g/mol. The highest BCUT2D eigenvalue weighted by Crippen LogP contribution is 2.79. The number of methoxy groups -OCH3 is 1. The first kappa shape index (κ1) is 29.3. The van der Waals surface area contributed by atoms with Gasteiger partial charge >= 0.3 is 5.97 Å². The van der Waals surface area contributed by atoms with Crippen molar-refractivity contribution in [2.45, 2.75) is 125 Å². The van der Waals surface area contributed by atoms with Crippen LogP contribution in [-0.4, -0.2) is 31.6 Å². The third-order valence-electron chi connectivity index (χ3n) is 15.8. The predicted molar refractivity (Wildman–Crippen MR) is 166 cm³/mol. The molecule has 0 spiro atoms. The first-order chi connectivity index (χ1) is 19.8. The van der Waals surface area contributed by atoms with E-state index >= 15 is 0 Å². The molecule has 0 amide bonds. The lowest BCUT2D eigenvalue weighted by Gasteiger charge is -2.77. The Balaban J connectivity index is 1.23. The number of esters is 1. The van der Waals surface area contributed by atoms with Crippen LogP contribution in [0, 0.1) is 62.6 Å². The largest absolute Gasteiger partial charge is 0.458 e. The lowest BCUT2D eigenvalue weighted by molar-refractivity contribution is -0.379. The fourth-order valence-electron chi connectivity index (χ4n) is 13.4. The van der Waals surface area contributed by atoms with Crippen molar-refractivity contribution in [3.63, 3.8) is 0 Å². The van der Waals surface area contributed by atoms with Crippen molar-refractivity contribution in [3.8, 4) is 0 Å². The number of rotatable bonds is 3. The van der Waals surface area contributed by atoms with Gasteiger partial charge in [0.15, 0.2) is 6.29 Å². The van der Waals surface area contributed by atoms with Crippen LogP contribution in [0.2, 0.25) is 0 Å². The molecule has 2 bridgehead atoms. The summed E-state index contributed by atoms with van der Waals surface area (Å²) >= 11 is 0. The average molecular weight is 577 g/mol. The Bertz CT molecular complexity index is 1210. The SMILES string of the molecule is COC1OC2C[C@@H]3[C@@]4(C)CCC(OC(=O)c5ccccc5)C(C)(C)[C@@H]4CC[C@@]3(C)[C@]3(C)CC[C@]14CC[C@@H](C)[C@H](C)[C@H]4[C@@H]23. The van der Waals surface area contributed by atoms with E-state index in [2.05, 4.69) is 48.5 Å². The fraction of sp³-hybridized carbons (Fsp3) is 0.816. The van der Waals surface area contributed by atoms with Crippen LogP contribution in [0.3, 0.4) is 0 Å². The molecule has 42 heavy (non-hydrogen) atoms. The maximum absolute atomic E-state index is 13.2. The zero-order valence-electron chi connectivity index (χ0n) is 27.6. The van der Waals surface area contributed by atoms with Gasteiger partial charge in [-0.15, -0.1) is 0 Å². The molecule has 4 heteroatoms. The molecule has 5 saturated carbocycles. The van der Waals surface area contributed by atoms with Crippen molar-refractivity contribution in [1.82, 2.24) is 0 Å². The summed E-state index contributed by atoms with van der Waals surface area (Å²) in [5, 5.41) is 0. The van der Waals surface area contributed by atoms with Crippen LogP contribution < -0.4 is 0 Å². The molecule has 1 aromatic carbocycles. The number of hydrogen-bond acceptors (Lipinski definition) is 4. The molecule has 1 heterocycles. The van der Waals surface area contributed by atoms with Crippen LogP contribution in [-0.2, 0) is 14.2 Å². The van der Waals surface area contributed by atoms with Gasteiger partial charge in [0.2, 0.25) is 0 Å². The summed E-state index contributed by atoms with van der Waals surface area (Å²) in [6.45, 7) is 17.9. The summed E-state index contributed by atoms with van der Waals surface area (Å²) in [7, 11) is 1.90. The lowest BCUT2D eigenvalue weighted by Crippen LogP contribution is -2.74. The molecule has 0 radical (unpaired) electrons. The minimum Gasteiger partial charge on any atom is -0.458 e. The van der Waals surface area contributed by atoms with Crippen LogP contribution in [0.4, 0.5) is 0 Å². The van der Waals surface area contributed by atoms with Crippen molar-refractivity contribution < 1.29 is 19.0 Å². The number of ether oxygens (including phenoxy) is 3. The minimum absolute atomic E-state index is 0.0526. The van der Waals surface area contributed by atoms with Gasteiger partial charge in [0, 0.05) is 17.9 Å². The molecule has 6 fully saturated rings. The Labute approximate surface area is 255 Å². The summed E-state index contributed by atoms with van der Waals surface area (Å²) in [6, 6.07) is 9.54. The van der Waals surface area contributed by atoms with Gasteiger partial charge in [0.05, 0.1) is 11.7 Å². The van der Waals surface area contributed by atoms with Gasteiger partial charge < -0.3 is 14.2 Å². The molecule has 13 atom stereocenters. The molecule has 0 N–H and O–H groups in total. The normalized spacial score (nSPS) is 52.3. The topological polar surface area (TPSA) is 44.8 Å². The molecule has 232 valence electrons. The van der Waals surface area contributed by atoms with Gasteiger partial charge in [-0.3, -0.25) is 0 Å². The highest BCUT2D eigenvalue weighted by Gasteiger charge is 2.75. The Morgan fingerprint density at radius 1 is 0.833 bits per heavy atom. The van der Waals surface area contributed by atoms with Crippen LogP contribution in [0.25, 0.3) is 0 Å². The second-order valence-corrected chi connectivity index (χ2v) is 17.2. The summed E-state index contributed by atoms with van der Waals surface area (Å²) in [4.78, 5) is 13.2. The van der Waals surface area contributed by atoms with Gasteiger partial charge in [-0.2, -0.15) is 0 Å². The number of carbonyl (C=O) groups is 1. The average Bonchev–Trinajstić information content (AvgIpc) is 2.96. The smallest absolute Gasteiger partial charge is 0.338 e.